The smallest absolute Gasteiger partial charge is 0.262 e. The third-order valence-electron chi connectivity index (χ3n) is 4.23. The molecule has 1 aliphatic rings. The minimum atomic E-state index is -3.63. The summed E-state index contributed by atoms with van der Waals surface area (Å²) in [6.07, 6.45) is 1.71. The van der Waals surface area contributed by atoms with Crippen molar-refractivity contribution >= 4 is 49.1 Å². The third-order valence-corrected chi connectivity index (χ3v) is 6.52. The summed E-state index contributed by atoms with van der Waals surface area (Å²) in [6, 6.07) is 10.9. The van der Waals surface area contributed by atoms with Gasteiger partial charge in [-0.05, 0) is 71.2 Å². The van der Waals surface area contributed by atoms with Gasteiger partial charge in [-0.3, -0.25) is 4.79 Å². The Kier molecular flexibility index (Phi) is 7.53. The van der Waals surface area contributed by atoms with Gasteiger partial charge in [0.25, 0.3) is 5.91 Å². The fraction of sp³-hybridized carbons (Fsp3) is 0.316. The SMILES string of the molecule is O=C(COc1ccc(Cl)cc1Br)Nc1ccc(S(=O)(=O)NCC2CCCO2)cc1. The molecule has 0 spiro atoms. The minimum Gasteiger partial charge on any atom is -0.483 e. The van der Waals surface area contributed by atoms with Crippen molar-refractivity contribution in [2.24, 2.45) is 0 Å². The molecule has 1 saturated heterocycles. The van der Waals surface area contributed by atoms with Crippen LogP contribution in [0.25, 0.3) is 0 Å². The molecular formula is C19H20BrClN2O5S. The fourth-order valence-corrected chi connectivity index (χ4v) is 4.60. The van der Waals surface area contributed by atoms with E-state index in [9.17, 15) is 13.2 Å². The Balaban J connectivity index is 1.51. The highest BCUT2D eigenvalue weighted by Crippen LogP contribution is 2.28. The van der Waals surface area contributed by atoms with Crippen molar-refractivity contribution in [2.45, 2.75) is 23.8 Å². The minimum absolute atomic E-state index is 0.0796. The maximum atomic E-state index is 12.3. The molecule has 2 aromatic carbocycles. The molecule has 1 unspecified atom stereocenters. The first-order valence-electron chi connectivity index (χ1n) is 8.92. The van der Waals surface area contributed by atoms with Crippen molar-refractivity contribution in [3.05, 3.63) is 52.0 Å². The summed E-state index contributed by atoms with van der Waals surface area (Å²) in [4.78, 5) is 12.2. The second-order valence-corrected chi connectivity index (χ2v) is 9.48. The Morgan fingerprint density at radius 2 is 2.00 bits per heavy atom. The van der Waals surface area contributed by atoms with Crippen LogP contribution in [0.3, 0.4) is 0 Å². The number of carbonyl (C=O) groups excluding carboxylic acids is 1. The van der Waals surface area contributed by atoms with Crippen molar-refractivity contribution in [3.8, 4) is 5.75 Å². The molecule has 0 radical (unpaired) electrons. The Labute approximate surface area is 182 Å². The monoisotopic (exact) mass is 502 g/mol. The number of rotatable bonds is 8. The fourth-order valence-electron chi connectivity index (χ4n) is 2.74. The molecule has 1 amide bonds. The van der Waals surface area contributed by atoms with Crippen LogP contribution in [0.15, 0.2) is 51.8 Å². The van der Waals surface area contributed by atoms with Crippen LogP contribution in [0.1, 0.15) is 12.8 Å². The zero-order chi connectivity index (χ0) is 20.9. The van der Waals surface area contributed by atoms with E-state index in [4.69, 9.17) is 21.1 Å². The van der Waals surface area contributed by atoms with E-state index >= 15 is 0 Å². The lowest BCUT2D eigenvalue weighted by Gasteiger charge is -2.12. The van der Waals surface area contributed by atoms with E-state index in [2.05, 4.69) is 26.0 Å². The van der Waals surface area contributed by atoms with Gasteiger partial charge in [0, 0.05) is 23.9 Å². The number of benzene rings is 2. The molecule has 1 fully saturated rings. The molecule has 2 aromatic rings. The van der Waals surface area contributed by atoms with E-state index in [-0.39, 0.29) is 30.1 Å². The summed E-state index contributed by atoms with van der Waals surface area (Å²) in [5.74, 6) is 0.113. The molecule has 156 valence electrons. The molecule has 1 aliphatic heterocycles. The van der Waals surface area contributed by atoms with Crippen molar-refractivity contribution in [2.75, 3.05) is 25.1 Å². The van der Waals surface area contributed by atoms with Crippen LogP contribution in [-0.2, 0) is 19.6 Å². The van der Waals surface area contributed by atoms with Gasteiger partial charge in [-0.1, -0.05) is 11.6 Å². The highest BCUT2D eigenvalue weighted by molar-refractivity contribution is 9.10. The lowest BCUT2D eigenvalue weighted by molar-refractivity contribution is -0.118. The molecule has 2 N–H and O–H groups in total. The van der Waals surface area contributed by atoms with Gasteiger partial charge in [0.2, 0.25) is 10.0 Å². The summed E-state index contributed by atoms with van der Waals surface area (Å²) in [5.41, 5.74) is 0.465. The first-order valence-corrected chi connectivity index (χ1v) is 11.6. The number of sulfonamides is 1. The third kappa shape index (κ3) is 6.42. The average molecular weight is 504 g/mol. The molecule has 0 aliphatic carbocycles. The van der Waals surface area contributed by atoms with Crippen molar-refractivity contribution < 1.29 is 22.7 Å². The molecule has 0 aromatic heterocycles. The Bertz CT molecular complexity index is 963. The zero-order valence-corrected chi connectivity index (χ0v) is 18.5. The maximum absolute atomic E-state index is 12.3. The number of anilines is 1. The Morgan fingerprint density at radius 3 is 2.66 bits per heavy atom. The lowest BCUT2D eigenvalue weighted by Crippen LogP contribution is -2.31. The normalized spacial score (nSPS) is 16.6. The van der Waals surface area contributed by atoms with Gasteiger partial charge in [0.1, 0.15) is 5.75 Å². The van der Waals surface area contributed by atoms with Crippen molar-refractivity contribution in [1.82, 2.24) is 4.72 Å². The van der Waals surface area contributed by atoms with Gasteiger partial charge in [-0.2, -0.15) is 0 Å². The number of hydrogen-bond acceptors (Lipinski definition) is 5. The number of halogens is 2. The van der Waals surface area contributed by atoms with Gasteiger partial charge in [0.15, 0.2) is 6.61 Å². The van der Waals surface area contributed by atoms with Crippen LogP contribution in [0.4, 0.5) is 5.69 Å². The Hall–Kier alpha value is -1.65. The van der Waals surface area contributed by atoms with E-state index in [1.807, 2.05) is 0 Å². The molecule has 7 nitrogen and oxygen atoms in total. The maximum Gasteiger partial charge on any atom is 0.262 e. The van der Waals surface area contributed by atoms with Crippen LogP contribution >= 0.6 is 27.5 Å². The summed E-state index contributed by atoms with van der Waals surface area (Å²) >= 11 is 9.18. The molecule has 0 saturated carbocycles. The van der Waals surface area contributed by atoms with Crippen molar-refractivity contribution in [1.29, 1.82) is 0 Å². The number of nitrogens with one attached hydrogen (secondary N) is 2. The number of ether oxygens (including phenoxy) is 2. The van der Waals surface area contributed by atoms with Gasteiger partial charge >= 0.3 is 0 Å². The van der Waals surface area contributed by atoms with Crippen LogP contribution in [0.2, 0.25) is 5.02 Å². The molecule has 1 atom stereocenters. The van der Waals surface area contributed by atoms with Gasteiger partial charge < -0.3 is 14.8 Å². The Morgan fingerprint density at radius 1 is 1.24 bits per heavy atom. The topological polar surface area (TPSA) is 93.7 Å². The molecule has 3 rings (SSSR count). The largest absolute Gasteiger partial charge is 0.483 e. The standard InChI is InChI=1S/C19H20BrClN2O5S/c20-17-10-13(21)3-8-18(17)28-12-19(24)23-14-4-6-16(7-5-14)29(25,26)22-11-15-2-1-9-27-15/h3-8,10,15,22H,1-2,9,11-12H2,(H,23,24). The van der Waals surface area contributed by atoms with Gasteiger partial charge in [-0.15, -0.1) is 0 Å². The lowest BCUT2D eigenvalue weighted by atomic mass is 10.2. The molecular weight excluding hydrogens is 484 g/mol. The van der Waals surface area contributed by atoms with Gasteiger partial charge in [-0.25, -0.2) is 13.1 Å². The van der Waals surface area contributed by atoms with Crippen LogP contribution in [-0.4, -0.2) is 40.2 Å². The summed E-state index contributed by atoms with van der Waals surface area (Å²) in [6.45, 7) is 0.709. The highest BCUT2D eigenvalue weighted by Gasteiger charge is 2.20. The van der Waals surface area contributed by atoms with Crippen LogP contribution in [0, 0.1) is 0 Å². The highest BCUT2D eigenvalue weighted by atomic mass is 79.9. The first-order chi connectivity index (χ1) is 13.8. The molecule has 29 heavy (non-hydrogen) atoms. The van der Waals surface area contributed by atoms with E-state index in [1.54, 1.807) is 18.2 Å². The predicted molar refractivity (Wildman–Crippen MR) is 114 cm³/mol. The number of amides is 1. The van der Waals surface area contributed by atoms with Gasteiger partial charge in [0.05, 0.1) is 15.5 Å². The number of carbonyl (C=O) groups is 1. The average Bonchev–Trinajstić information content (AvgIpc) is 3.20. The van der Waals surface area contributed by atoms with E-state index in [1.165, 1.54) is 24.3 Å². The number of hydrogen-bond donors (Lipinski definition) is 2. The molecule has 0 bridgehead atoms. The predicted octanol–water partition coefficient (Wildman–Crippen LogP) is 3.58. The van der Waals surface area contributed by atoms with E-state index in [0.717, 1.165) is 12.8 Å². The van der Waals surface area contributed by atoms with E-state index < -0.39 is 10.0 Å². The zero-order valence-electron chi connectivity index (χ0n) is 15.4. The molecule has 1 heterocycles. The summed E-state index contributed by atoms with van der Waals surface area (Å²) < 4.78 is 38.8. The van der Waals surface area contributed by atoms with Crippen LogP contribution < -0.4 is 14.8 Å². The first kappa shape index (κ1) is 22.0. The second kappa shape index (κ2) is 9.90. The van der Waals surface area contributed by atoms with E-state index in [0.29, 0.717) is 27.5 Å². The van der Waals surface area contributed by atoms with Crippen LogP contribution in [0.5, 0.6) is 5.75 Å². The van der Waals surface area contributed by atoms with Crippen molar-refractivity contribution in [3.63, 3.8) is 0 Å². The summed E-state index contributed by atoms with van der Waals surface area (Å²) in [7, 11) is -3.63. The second-order valence-electron chi connectivity index (χ2n) is 6.42. The molecule has 10 heteroatoms. The quantitative estimate of drug-likeness (QED) is 0.574. The summed E-state index contributed by atoms with van der Waals surface area (Å²) in [5, 5.41) is 3.21.